The summed E-state index contributed by atoms with van der Waals surface area (Å²) >= 11 is 8.80. The first-order chi connectivity index (χ1) is 13.6. The number of nitrogens with zero attached hydrogens (tertiary/aromatic N) is 2. The summed E-state index contributed by atoms with van der Waals surface area (Å²) in [5, 5.41) is 4.04. The highest BCUT2D eigenvalue weighted by Gasteiger charge is 2.23. The van der Waals surface area contributed by atoms with Gasteiger partial charge in [0.1, 0.15) is 0 Å². The predicted molar refractivity (Wildman–Crippen MR) is 112 cm³/mol. The van der Waals surface area contributed by atoms with E-state index < -0.39 is 0 Å². The fourth-order valence-corrected chi connectivity index (χ4v) is 5.23. The van der Waals surface area contributed by atoms with Gasteiger partial charge in [0.2, 0.25) is 5.91 Å². The van der Waals surface area contributed by atoms with Crippen LogP contribution in [0.4, 0.5) is 0 Å². The minimum atomic E-state index is -0.0905. The third kappa shape index (κ3) is 4.40. The van der Waals surface area contributed by atoms with E-state index in [2.05, 4.69) is 10.3 Å². The molecule has 1 saturated heterocycles. The van der Waals surface area contributed by atoms with Gasteiger partial charge in [-0.1, -0.05) is 23.4 Å². The molecule has 0 unspecified atom stereocenters. The summed E-state index contributed by atoms with van der Waals surface area (Å²) < 4.78 is 7.10. The van der Waals surface area contributed by atoms with Gasteiger partial charge in [-0.15, -0.1) is 11.8 Å². The van der Waals surface area contributed by atoms with Gasteiger partial charge in [0.05, 0.1) is 28.1 Å². The molecule has 6 nitrogen and oxygen atoms in total. The van der Waals surface area contributed by atoms with Crippen LogP contribution in [0.3, 0.4) is 0 Å². The molecule has 0 saturated carbocycles. The SMILES string of the molecule is O=C(CSc1nc2c(c(=O)n1-c1ccc(Cl)cc1)SCC2)NC[C@H]1CCCO1. The molecule has 2 aromatic rings. The van der Waals surface area contributed by atoms with E-state index in [9.17, 15) is 9.59 Å². The minimum absolute atomic E-state index is 0.0860. The van der Waals surface area contributed by atoms with Crippen LogP contribution in [0, 0.1) is 0 Å². The number of benzene rings is 1. The topological polar surface area (TPSA) is 73.2 Å². The molecule has 3 heterocycles. The smallest absolute Gasteiger partial charge is 0.272 e. The van der Waals surface area contributed by atoms with E-state index in [1.165, 1.54) is 23.5 Å². The Morgan fingerprint density at radius 1 is 1.39 bits per heavy atom. The van der Waals surface area contributed by atoms with E-state index in [4.69, 9.17) is 16.3 Å². The lowest BCUT2D eigenvalue weighted by atomic mass is 10.2. The molecule has 0 radical (unpaired) electrons. The summed E-state index contributed by atoms with van der Waals surface area (Å²) in [6.45, 7) is 1.29. The molecule has 0 aliphatic carbocycles. The standard InChI is InChI=1S/C19H20ClN3O3S2/c20-12-3-5-13(6-4-12)23-18(25)17-15(7-9-27-17)22-19(23)28-11-16(24)21-10-14-2-1-8-26-14/h3-6,14H,1-2,7-11H2,(H,21,24)/t14-/m1/s1. The monoisotopic (exact) mass is 437 g/mol. The second-order valence-electron chi connectivity index (χ2n) is 6.61. The van der Waals surface area contributed by atoms with Gasteiger partial charge in [0.25, 0.3) is 5.56 Å². The quantitative estimate of drug-likeness (QED) is 0.553. The molecule has 0 bridgehead atoms. The maximum atomic E-state index is 13.1. The molecule has 9 heteroatoms. The lowest BCUT2D eigenvalue weighted by molar-refractivity contribution is -0.119. The number of halogens is 1. The van der Waals surface area contributed by atoms with Crippen molar-refractivity contribution < 1.29 is 9.53 Å². The Kier molecular flexibility index (Phi) is 6.30. The van der Waals surface area contributed by atoms with E-state index in [-0.39, 0.29) is 23.3 Å². The Balaban J connectivity index is 1.53. The molecule has 1 N–H and O–H groups in total. The molecule has 0 spiro atoms. The number of amides is 1. The summed E-state index contributed by atoms with van der Waals surface area (Å²) in [5.74, 6) is 0.958. The summed E-state index contributed by atoms with van der Waals surface area (Å²) in [4.78, 5) is 30.7. The number of ether oxygens (including phenoxy) is 1. The van der Waals surface area contributed by atoms with Crippen LogP contribution >= 0.6 is 35.1 Å². The number of carbonyl (C=O) groups excluding carboxylic acids is 1. The van der Waals surface area contributed by atoms with E-state index in [0.717, 1.165) is 37.3 Å². The van der Waals surface area contributed by atoms with Crippen molar-refractivity contribution in [3.63, 3.8) is 0 Å². The fraction of sp³-hybridized carbons (Fsp3) is 0.421. The molecule has 1 atom stereocenters. The highest BCUT2D eigenvalue weighted by Crippen LogP contribution is 2.30. The second-order valence-corrected chi connectivity index (χ2v) is 9.10. The molecule has 1 aromatic heterocycles. The average molecular weight is 438 g/mol. The van der Waals surface area contributed by atoms with Gasteiger partial charge in [0.15, 0.2) is 5.16 Å². The van der Waals surface area contributed by atoms with E-state index in [1.54, 1.807) is 28.8 Å². The minimum Gasteiger partial charge on any atom is -0.376 e. The summed E-state index contributed by atoms with van der Waals surface area (Å²) in [5.41, 5.74) is 1.43. The summed E-state index contributed by atoms with van der Waals surface area (Å²) in [7, 11) is 0. The number of rotatable bonds is 6. The van der Waals surface area contributed by atoms with Crippen molar-refractivity contribution in [1.82, 2.24) is 14.9 Å². The number of hydrogen-bond acceptors (Lipinski definition) is 6. The van der Waals surface area contributed by atoms with Crippen molar-refractivity contribution in [2.24, 2.45) is 0 Å². The zero-order chi connectivity index (χ0) is 19.5. The van der Waals surface area contributed by atoms with E-state index in [1.807, 2.05) is 0 Å². The predicted octanol–water partition coefficient (Wildman–Crippen LogP) is 2.92. The van der Waals surface area contributed by atoms with Crippen LogP contribution in [0.25, 0.3) is 5.69 Å². The largest absolute Gasteiger partial charge is 0.376 e. The van der Waals surface area contributed by atoms with Crippen molar-refractivity contribution in [1.29, 1.82) is 0 Å². The molecular weight excluding hydrogens is 418 g/mol. The van der Waals surface area contributed by atoms with Gasteiger partial charge in [-0.3, -0.25) is 14.2 Å². The summed E-state index contributed by atoms with van der Waals surface area (Å²) in [6, 6.07) is 7.07. The normalized spacial score (nSPS) is 18.2. The fourth-order valence-electron chi connectivity index (χ4n) is 3.22. The molecule has 148 valence electrons. The summed E-state index contributed by atoms with van der Waals surface area (Å²) in [6.07, 6.45) is 2.90. The molecule has 1 amide bonds. The van der Waals surface area contributed by atoms with E-state index >= 15 is 0 Å². The van der Waals surface area contributed by atoms with Gasteiger partial charge < -0.3 is 10.1 Å². The van der Waals surface area contributed by atoms with E-state index in [0.29, 0.717) is 27.3 Å². The van der Waals surface area contributed by atoms with Crippen molar-refractivity contribution in [3.05, 3.63) is 45.3 Å². The Hall–Kier alpha value is -1.48. The number of thioether (sulfide) groups is 2. The third-order valence-electron chi connectivity index (χ3n) is 4.63. The maximum Gasteiger partial charge on any atom is 0.272 e. The Morgan fingerprint density at radius 3 is 2.96 bits per heavy atom. The number of fused-ring (bicyclic) bond motifs is 1. The molecule has 1 aromatic carbocycles. The zero-order valence-electron chi connectivity index (χ0n) is 15.2. The highest BCUT2D eigenvalue weighted by atomic mass is 35.5. The molecule has 4 rings (SSSR count). The maximum absolute atomic E-state index is 13.1. The van der Waals surface area contributed by atoms with Crippen molar-refractivity contribution in [2.75, 3.05) is 24.7 Å². The van der Waals surface area contributed by atoms with Gasteiger partial charge in [-0.2, -0.15) is 0 Å². The van der Waals surface area contributed by atoms with Crippen LogP contribution in [0.2, 0.25) is 5.02 Å². The van der Waals surface area contributed by atoms with Crippen molar-refractivity contribution >= 4 is 41.0 Å². The van der Waals surface area contributed by atoms with Crippen molar-refractivity contribution in [2.45, 2.75) is 35.4 Å². The second kappa shape index (κ2) is 8.90. The van der Waals surface area contributed by atoms with Gasteiger partial charge in [-0.05, 0) is 37.1 Å². The number of aryl methyl sites for hydroxylation is 1. The van der Waals surface area contributed by atoms with Crippen molar-refractivity contribution in [3.8, 4) is 5.69 Å². The molecule has 1 fully saturated rings. The number of aromatic nitrogens is 2. The number of hydrogen-bond donors (Lipinski definition) is 1. The molecular formula is C19H20ClN3O3S2. The van der Waals surface area contributed by atoms with Gasteiger partial charge >= 0.3 is 0 Å². The van der Waals surface area contributed by atoms with Crippen LogP contribution in [-0.4, -0.2) is 46.2 Å². The highest BCUT2D eigenvalue weighted by molar-refractivity contribution is 8.00. The molecule has 2 aliphatic heterocycles. The van der Waals surface area contributed by atoms with Gasteiger partial charge in [0, 0.05) is 30.3 Å². The Morgan fingerprint density at radius 2 is 2.21 bits per heavy atom. The Labute approximate surface area is 176 Å². The Bertz CT molecular complexity index is 927. The van der Waals surface area contributed by atoms with Crippen LogP contribution in [0.1, 0.15) is 18.5 Å². The lowest BCUT2D eigenvalue weighted by Gasteiger charge is -2.14. The first-order valence-electron chi connectivity index (χ1n) is 9.17. The van der Waals surface area contributed by atoms with Crippen LogP contribution < -0.4 is 10.9 Å². The van der Waals surface area contributed by atoms with Crippen LogP contribution in [0.5, 0.6) is 0 Å². The number of nitrogens with one attached hydrogen (secondary N) is 1. The van der Waals surface area contributed by atoms with Gasteiger partial charge in [-0.25, -0.2) is 4.98 Å². The van der Waals surface area contributed by atoms with Crippen LogP contribution in [-0.2, 0) is 16.0 Å². The molecule has 2 aliphatic rings. The average Bonchev–Trinajstić information content (AvgIpc) is 3.37. The number of carbonyl (C=O) groups is 1. The lowest BCUT2D eigenvalue weighted by Crippen LogP contribution is -2.33. The third-order valence-corrected chi connectivity index (χ3v) is 6.93. The first kappa shape index (κ1) is 19.8. The zero-order valence-corrected chi connectivity index (χ0v) is 17.5. The molecule has 28 heavy (non-hydrogen) atoms. The first-order valence-corrected chi connectivity index (χ1v) is 11.5. The van der Waals surface area contributed by atoms with Crippen LogP contribution in [0.15, 0.2) is 39.1 Å².